The molecule has 1 fully saturated rings. The lowest BCUT2D eigenvalue weighted by Gasteiger charge is -2.21. The van der Waals surface area contributed by atoms with Gasteiger partial charge in [0.1, 0.15) is 0 Å². The fourth-order valence-electron chi connectivity index (χ4n) is 2.97. The van der Waals surface area contributed by atoms with Crippen molar-refractivity contribution in [3.05, 3.63) is 11.6 Å². The van der Waals surface area contributed by atoms with E-state index in [1.165, 1.54) is 5.57 Å². The van der Waals surface area contributed by atoms with E-state index in [2.05, 4.69) is 13.0 Å². The van der Waals surface area contributed by atoms with Gasteiger partial charge in [0.25, 0.3) is 0 Å². The van der Waals surface area contributed by atoms with E-state index in [-0.39, 0.29) is 24.4 Å². The predicted octanol–water partition coefficient (Wildman–Crippen LogP) is 1.81. The molecule has 84 valence electrons. The maximum absolute atomic E-state index is 10.7. The van der Waals surface area contributed by atoms with Crippen LogP contribution in [0, 0.1) is 17.8 Å². The summed E-state index contributed by atoms with van der Waals surface area (Å²) in [5.74, 6) is 0.00787. The molecule has 2 N–H and O–H groups in total. The lowest BCUT2D eigenvalue weighted by molar-refractivity contribution is -0.138. The first kappa shape index (κ1) is 10.7. The number of carbonyl (C=O) groups is 1. The molecule has 0 heterocycles. The molecule has 2 aliphatic carbocycles. The predicted molar refractivity (Wildman–Crippen MR) is 56.3 cm³/mol. The first-order valence-electron chi connectivity index (χ1n) is 5.74. The van der Waals surface area contributed by atoms with Gasteiger partial charge < -0.3 is 10.2 Å². The van der Waals surface area contributed by atoms with Crippen molar-refractivity contribution in [1.82, 2.24) is 0 Å². The van der Waals surface area contributed by atoms with Crippen LogP contribution in [0.25, 0.3) is 0 Å². The van der Waals surface area contributed by atoms with E-state index in [1.54, 1.807) is 0 Å². The number of aliphatic carboxylic acids is 1. The van der Waals surface area contributed by atoms with Gasteiger partial charge in [-0.15, -0.1) is 0 Å². The van der Waals surface area contributed by atoms with E-state index in [4.69, 9.17) is 5.11 Å². The molecule has 0 aliphatic heterocycles. The van der Waals surface area contributed by atoms with Gasteiger partial charge in [-0.1, -0.05) is 18.6 Å². The number of hydrogen-bond donors (Lipinski definition) is 2. The van der Waals surface area contributed by atoms with Gasteiger partial charge in [-0.2, -0.15) is 0 Å². The Hall–Kier alpha value is -0.830. The van der Waals surface area contributed by atoms with Crippen LogP contribution < -0.4 is 0 Å². The largest absolute Gasteiger partial charge is 0.481 e. The molecule has 0 aromatic heterocycles. The first-order chi connectivity index (χ1) is 7.13. The lowest BCUT2D eigenvalue weighted by atomic mass is 9.85. The van der Waals surface area contributed by atoms with Gasteiger partial charge >= 0.3 is 5.97 Å². The minimum absolute atomic E-state index is 0.169. The molecule has 4 atom stereocenters. The maximum Gasteiger partial charge on any atom is 0.303 e. The zero-order chi connectivity index (χ0) is 11.0. The Kier molecular flexibility index (Phi) is 2.83. The maximum atomic E-state index is 10.7. The second-order valence-corrected chi connectivity index (χ2v) is 4.70. The second kappa shape index (κ2) is 3.97. The number of aliphatic hydroxyl groups excluding tert-OH is 1. The number of allylic oxidation sites excluding steroid dienone is 2. The zero-order valence-corrected chi connectivity index (χ0v) is 9.02. The molecule has 2 rings (SSSR count). The fourth-order valence-corrected chi connectivity index (χ4v) is 2.97. The minimum Gasteiger partial charge on any atom is -0.481 e. The molecule has 0 aromatic rings. The molecule has 15 heavy (non-hydrogen) atoms. The summed E-state index contributed by atoms with van der Waals surface area (Å²) in [6, 6.07) is 0. The van der Waals surface area contributed by atoms with Gasteiger partial charge in [0, 0.05) is 12.3 Å². The molecule has 3 nitrogen and oxygen atoms in total. The van der Waals surface area contributed by atoms with E-state index in [0.29, 0.717) is 5.92 Å². The van der Waals surface area contributed by atoms with Gasteiger partial charge in [-0.3, -0.25) is 4.79 Å². The summed E-state index contributed by atoms with van der Waals surface area (Å²) in [7, 11) is 0. The van der Waals surface area contributed by atoms with Crippen LogP contribution in [-0.4, -0.2) is 22.3 Å². The van der Waals surface area contributed by atoms with Gasteiger partial charge in [-0.05, 0) is 31.1 Å². The van der Waals surface area contributed by atoms with Crippen LogP contribution in [0.5, 0.6) is 0 Å². The fraction of sp³-hybridized carbons (Fsp3) is 0.750. The molecule has 0 saturated heterocycles. The van der Waals surface area contributed by atoms with Crippen molar-refractivity contribution >= 4 is 5.97 Å². The molecule has 0 aromatic carbocycles. The average Bonchev–Trinajstić information content (AvgIpc) is 2.86. The Morgan fingerprint density at radius 1 is 1.53 bits per heavy atom. The quantitative estimate of drug-likeness (QED) is 0.696. The Morgan fingerprint density at radius 3 is 2.80 bits per heavy atom. The van der Waals surface area contributed by atoms with Gasteiger partial charge in [-0.25, -0.2) is 0 Å². The molecule has 0 spiro atoms. The van der Waals surface area contributed by atoms with Crippen LogP contribution in [0.1, 0.15) is 32.6 Å². The monoisotopic (exact) mass is 210 g/mol. The normalized spacial score (nSPS) is 38.9. The molecule has 2 aliphatic rings. The Balaban J connectivity index is 1.97. The third kappa shape index (κ3) is 2.07. The summed E-state index contributed by atoms with van der Waals surface area (Å²) in [4.78, 5) is 10.7. The summed E-state index contributed by atoms with van der Waals surface area (Å²) < 4.78 is 0. The van der Waals surface area contributed by atoms with Crippen molar-refractivity contribution in [1.29, 1.82) is 0 Å². The second-order valence-electron chi connectivity index (χ2n) is 4.70. The summed E-state index contributed by atoms with van der Waals surface area (Å²) in [5.41, 5.74) is 1.40. The average molecular weight is 210 g/mol. The van der Waals surface area contributed by atoms with Crippen molar-refractivity contribution in [2.75, 3.05) is 0 Å². The Bertz CT molecular complexity index is 295. The number of carboxylic acid groups (broad SMARTS) is 1. The number of hydrogen-bond acceptors (Lipinski definition) is 2. The van der Waals surface area contributed by atoms with Crippen molar-refractivity contribution in [2.24, 2.45) is 17.8 Å². The summed E-state index contributed by atoms with van der Waals surface area (Å²) in [6.45, 7) is 2.11. The number of rotatable bonds is 4. The Labute approximate surface area is 89.8 Å². The van der Waals surface area contributed by atoms with E-state index >= 15 is 0 Å². The molecular weight excluding hydrogens is 192 g/mol. The molecule has 2 unspecified atom stereocenters. The standard InChI is InChI=1S/C12H18O3/c1-2-7-5-9(7)12-8(6-11(14)15)3-4-10(12)13/h5,8-10,12-13H,2-4,6H2,1H3,(H,14,15)/t8-,9?,10?,12+/m1/s1. The van der Waals surface area contributed by atoms with Gasteiger partial charge in [0.05, 0.1) is 6.10 Å². The van der Waals surface area contributed by atoms with Crippen LogP contribution in [0.3, 0.4) is 0 Å². The summed E-state index contributed by atoms with van der Waals surface area (Å²) in [6.07, 6.45) is 4.77. The number of aliphatic hydroxyl groups is 1. The summed E-state index contributed by atoms with van der Waals surface area (Å²) >= 11 is 0. The van der Waals surface area contributed by atoms with Crippen molar-refractivity contribution in [3.63, 3.8) is 0 Å². The summed E-state index contributed by atoms with van der Waals surface area (Å²) in [5, 5.41) is 18.7. The minimum atomic E-state index is -0.738. The van der Waals surface area contributed by atoms with Crippen LogP contribution in [0.15, 0.2) is 11.6 Å². The molecule has 0 radical (unpaired) electrons. The third-order valence-corrected chi connectivity index (χ3v) is 3.79. The zero-order valence-electron chi connectivity index (χ0n) is 9.02. The van der Waals surface area contributed by atoms with E-state index < -0.39 is 5.97 Å². The first-order valence-corrected chi connectivity index (χ1v) is 5.74. The third-order valence-electron chi connectivity index (χ3n) is 3.79. The highest BCUT2D eigenvalue weighted by atomic mass is 16.4. The highest BCUT2D eigenvalue weighted by molar-refractivity contribution is 5.67. The van der Waals surface area contributed by atoms with Crippen molar-refractivity contribution < 1.29 is 15.0 Å². The molecular formula is C12H18O3. The van der Waals surface area contributed by atoms with Gasteiger partial charge in [0.15, 0.2) is 0 Å². The Morgan fingerprint density at radius 2 is 2.27 bits per heavy atom. The van der Waals surface area contributed by atoms with E-state index in [0.717, 1.165) is 19.3 Å². The van der Waals surface area contributed by atoms with Crippen LogP contribution in [-0.2, 0) is 4.79 Å². The molecule has 1 saturated carbocycles. The topological polar surface area (TPSA) is 57.5 Å². The highest BCUT2D eigenvalue weighted by Crippen LogP contribution is 2.49. The molecule has 0 amide bonds. The van der Waals surface area contributed by atoms with Crippen LogP contribution in [0.2, 0.25) is 0 Å². The smallest absolute Gasteiger partial charge is 0.303 e. The van der Waals surface area contributed by atoms with Crippen LogP contribution in [0.4, 0.5) is 0 Å². The lowest BCUT2D eigenvalue weighted by Crippen LogP contribution is -2.24. The van der Waals surface area contributed by atoms with E-state index in [9.17, 15) is 9.90 Å². The number of carboxylic acids is 1. The van der Waals surface area contributed by atoms with Gasteiger partial charge in [0.2, 0.25) is 0 Å². The van der Waals surface area contributed by atoms with Crippen molar-refractivity contribution in [3.8, 4) is 0 Å². The van der Waals surface area contributed by atoms with Crippen molar-refractivity contribution in [2.45, 2.75) is 38.7 Å². The van der Waals surface area contributed by atoms with Crippen LogP contribution >= 0.6 is 0 Å². The highest BCUT2D eigenvalue weighted by Gasteiger charge is 2.45. The SMILES string of the molecule is CCC1=CC1[C@H]1C(O)CC[C@@H]1CC(=O)O. The molecule has 3 heteroatoms. The van der Waals surface area contributed by atoms with E-state index in [1.807, 2.05) is 0 Å². The molecule has 0 bridgehead atoms.